The standard InChI is InChI=1S/C23H30N4O2.HI/c1-24-23(26(2)16-17-29-22-12-10-21(28-3)11-13-22)25-18-19-6-8-20(9-7-19)27-14-4-5-15-27;/h4-13H,14-18H2,1-3H3,(H,24,25);1H. The highest BCUT2D eigenvalue weighted by molar-refractivity contribution is 14.0. The van der Waals surface area contributed by atoms with Crippen molar-refractivity contribution >= 4 is 35.6 Å². The minimum atomic E-state index is 0. The summed E-state index contributed by atoms with van der Waals surface area (Å²) in [6.45, 7) is 4.02. The van der Waals surface area contributed by atoms with Gasteiger partial charge in [-0.2, -0.15) is 0 Å². The lowest BCUT2D eigenvalue weighted by atomic mass is 10.2. The number of guanidine groups is 1. The molecule has 0 aliphatic carbocycles. The number of hydrogen-bond acceptors (Lipinski definition) is 4. The van der Waals surface area contributed by atoms with Crippen LogP contribution in [0, 0.1) is 0 Å². The topological polar surface area (TPSA) is 49.3 Å². The molecule has 0 amide bonds. The van der Waals surface area contributed by atoms with Crippen LogP contribution in [0.2, 0.25) is 0 Å². The summed E-state index contributed by atoms with van der Waals surface area (Å²) in [5.74, 6) is 2.50. The van der Waals surface area contributed by atoms with Gasteiger partial charge < -0.3 is 24.6 Å². The second kappa shape index (κ2) is 12.3. The number of ether oxygens (including phenoxy) is 2. The van der Waals surface area contributed by atoms with Crippen LogP contribution in [0.1, 0.15) is 5.56 Å². The summed E-state index contributed by atoms with van der Waals surface area (Å²) in [5, 5.41) is 3.42. The summed E-state index contributed by atoms with van der Waals surface area (Å²) in [6.07, 6.45) is 4.40. The van der Waals surface area contributed by atoms with E-state index in [1.165, 1.54) is 11.3 Å². The van der Waals surface area contributed by atoms with Gasteiger partial charge in [0.15, 0.2) is 5.96 Å². The summed E-state index contributed by atoms with van der Waals surface area (Å²) in [5.41, 5.74) is 2.49. The Hall–Kier alpha value is -2.42. The minimum Gasteiger partial charge on any atom is -0.497 e. The predicted octanol–water partition coefficient (Wildman–Crippen LogP) is 3.78. The van der Waals surface area contributed by atoms with Crippen molar-refractivity contribution in [2.24, 2.45) is 4.99 Å². The Morgan fingerprint density at radius 3 is 2.27 bits per heavy atom. The van der Waals surface area contributed by atoms with E-state index in [-0.39, 0.29) is 24.0 Å². The Balaban J connectivity index is 0.00000320. The zero-order valence-corrected chi connectivity index (χ0v) is 20.2. The Morgan fingerprint density at radius 1 is 1.03 bits per heavy atom. The maximum absolute atomic E-state index is 5.81. The van der Waals surface area contributed by atoms with Gasteiger partial charge in [-0.25, -0.2) is 0 Å². The smallest absolute Gasteiger partial charge is 0.193 e. The predicted molar refractivity (Wildman–Crippen MR) is 135 cm³/mol. The number of methoxy groups -OCH3 is 1. The van der Waals surface area contributed by atoms with Gasteiger partial charge in [0.05, 0.1) is 13.7 Å². The van der Waals surface area contributed by atoms with E-state index in [0.717, 1.165) is 43.6 Å². The summed E-state index contributed by atoms with van der Waals surface area (Å²) < 4.78 is 11.0. The number of nitrogens with one attached hydrogen (secondary N) is 1. The molecule has 1 aliphatic rings. The van der Waals surface area contributed by atoms with E-state index in [2.05, 4.69) is 56.5 Å². The van der Waals surface area contributed by atoms with E-state index in [9.17, 15) is 0 Å². The number of hydrogen-bond donors (Lipinski definition) is 1. The quantitative estimate of drug-likeness (QED) is 0.248. The molecule has 0 unspecified atom stereocenters. The molecule has 0 aromatic heterocycles. The van der Waals surface area contributed by atoms with Crippen molar-refractivity contribution in [3.8, 4) is 11.5 Å². The molecule has 1 N–H and O–H groups in total. The van der Waals surface area contributed by atoms with Crippen molar-refractivity contribution < 1.29 is 9.47 Å². The number of rotatable bonds is 8. The van der Waals surface area contributed by atoms with Crippen LogP contribution in [-0.4, -0.2) is 58.3 Å². The number of aliphatic imine (C=N–C) groups is 1. The SMILES string of the molecule is CN=C(NCc1ccc(N2CC=CC2)cc1)N(C)CCOc1ccc(OC)cc1.I. The Kier molecular flexibility index (Phi) is 9.79. The third-order valence-electron chi connectivity index (χ3n) is 4.90. The lowest BCUT2D eigenvalue weighted by Crippen LogP contribution is -2.40. The maximum atomic E-state index is 5.81. The van der Waals surface area contributed by atoms with Crippen LogP contribution in [0.5, 0.6) is 11.5 Å². The van der Waals surface area contributed by atoms with E-state index in [4.69, 9.17) is 9.47 Å². The van der Waals surface area contributed by atoms with E-state index >= 15 is 0 Å². The van der Waals surface area contributed by atoms with Crippen LogP contribution in [0.4, 0.5) is 5.69 Å². The first kappa shape index (κ1) is 23.9. The Labute approximate surface area is 196 Å². The molecule has 1 heterocycles. The number of nitrogens with zero attached hydrogens (tertiary/aromatic N) is 3. The van der Waals surface area contributed by atoms with Crippen LogP contribution in [0.25, 0.3) is 0 Å². The zero-order chi connectivity index (χ0) is 20.5. The zero-order valence-electron chi connectivity index (χ0n) is 17.9. The fourth-order valence-corrected chi connectivity index (χ4v) is 3.16. The highest BCUT2D eigenvalue weighted by Crippen LogP contribution is 2.18. The third-order valence-corrected chi connectivity index (χ3v) is 4.90. The molecule has 0 atom stereocenters. The van der Waals surface area contributed by atoms with Crippen LogP contribution >= 0.6 is 24.0 Å². The molecule has 1 aliphatic heterocycles. The molecule has 0 saturated carbocycles. The molecule has 2 aromatic rings. The molecule has 162 valence electrons. The first-order valence-corrected chi connectivity index (χ1v) is 9.87. The van der Waals surface area contributed by atoms with Gasteiger partial charge >= 0.3 is 0 Å². The average molecular weight is 522 g/mol. The van der Waals surface area contributed by atoms with Crippen LogP contribution in [-0.2, 0) is 6.54 Å². The largest absolute Gasteiger partial charge is 0.497 e. The molecule has 6 nitrogen and oxygen atoms in total. The molecular weight excluding hydrogens is 491 g/mol. The van der Waals surface area contributed by atoms with Gasteiger partial charge in [0.2, 0.25) is 0 Å². The Morgan fingerprint density at radius 2 is 1.67 bits per heavy atom. The molecule has 7 heteroatoms. The molecule has 0 bridgehead atoms. The first-order chi connectivity index (χ1) is 14.2. The van der Waals surface area contributed by atoms with Crippen molar-refractivity contribution in [2.75, 3.05) is 52.3 Å². The second-order valence-corrected chi connectivity index (χ2v) is 6.89. The molecule has 3 rings (SSSR count). The van der Waals surface area contributed by atoms with Crippen molar-refractivity contribution in [1.82, 2.24) is 10.2 Å². The van der Waals surface area contributed by atoms with E-state index in [1.807, 2.05) is 31.3 Å². The monoisotopic (exact) mass is 522 g/mol. The van der Waals surface area contributed by atoms with Crippen LogP contribution < -0.4 is 19.7 Å². The fourth-order valence-electron chi connectivity index (χ4n) is 3.16. The summed E-state index contributed by atoms with van der Waals surface area (Å²) in [7, 11) is 5.46. The number of likely N-dealkylation sites (N-methyl/N-ethyl adjacent to an activating group) is 1. The molecule has 0 spiro atoms. The summed E-state index contributed by atoms with van der Waals surface area (Å²) in [4.78, 5) is 8.78. The van der Waals surface area contributed by atoms with Gasteiger partial charge in [0.25, 0.3) is 0 Å². The summed E-state index contributed by atoms with van der Waals surface area (Å²) in [6, 6.07) is 16.3. The lowest BCUT2D eigenvalue weighted by molar-refractivity contribution is 0.281. The lowest BCUT2D eigenvalue weighted by Gasteiger charge is -2.22. The second-order valence-electron chi connectivity index (χ2n) is 6.89. The highest BCUT2D eigenvalue weighted by Gasteiger charge is 2.08. The van der Waals surface area contributed by atoms with Crippen molar-refractivity contribution in [1.29, 1.82) is 0 Å². The molecule has 0 radical (unpaired) electrons. The van der Waals surface area contributed by atoms with E-state index in [0.29, 0.717) is 6.61 Å². The van der Waals surface area contributed by atoms with Crippen LogP contribution in [0.15, 0.2) is 65.7 Å². The fraction of sp³-hybridized carbons (Fsp3) is 0.348. The van der Waals surface area contributed by atoms with Gasteiger partial charge in [-0.3, -0.25) is 4.99 Å². The van der Waals surface area contributed by atoms with Gasteiger partial charge in [0.1, 0.15) is 18.1 Å². The van der Waals surface area contributed by atoms with Gasteiger partial charge in [0, 0.05) is 39.4 Å². The number of halogens is 1. The van der Waals surface area contributed by atoms with Crippen molar-refractivity contribution in [3.05, 3.63) is 66.2 Å². The van der Waals surface area contributed by atoms with Gasteiger partial charge in [-0.1, -0.05) is 24.3 Å². The maximum Gasteiger partial charge on any atom is 0.193 e. The highest BCUT2D eigenvalue weighted by atomic mass is 127. The average Bonchev–Trinajstić information content (AvgIpc) is 3.30. The van der Waals surface area contributed by atoms with Crippen molar-refractivity contribution in [2.45, 2.75) is 6.54 Å². The number of benzene rings is 2. The summed E-state index contributed by atoms with van der Waals surface area (Å²) >= 11 is 0. The Bertz CT molecular complexity index is 814. The normalized spacial score (nSPS) is 13.0. The minimum absolute atomic E-state index is 0. The van der Waals surface area contributed by atoms with E-state index < -0.39 is 0 Å². The first-order valence-electron chi connectivity index (χ1n) is 9.87. The van der Waals surface area contributed by atoms with Crippen LogP contribution in [0.3, 0.4) is 0 Å². The van der Waals surface area contributed by atoms with Gasteiger partial charge in [-0.05, 0) is 42.0 Å². The third kappa shape index (κ3) is 6.83. The van der Waals surface area contributed by atoms with E-state index in [1.54, 1.807) is 14.2 Å². The molecular formula is C23H31IN4O2. The molecule has 0 saturated heterocycles. The van der Waals surface area contributed by atoms with Crippen molar-refractivity contribution in [3.63, 3.8) is 0 Å². The molecule has 30 heavy (non-hydrogen) atoms. The number of anilines is 1. The van der Waals surface area contributed by atoms with Gasteiger partial charge in [-0.15, -0.1) is 24.0 Å². The molecule has 2 aromatic carbocycles. The molecule has 0 fully saturated rings.